The highest BCUT2D eigenvalue weighted by Crippen LogP contribution is 2.27. The third-order valence-electron chi connectivity index (χ3n) is 4.62. The predicted molar refractivity (Wildman–Crippen MR) is 114 cm³/mol. The molecule has 1 amide bonds. The molecule has 1 aromatic carbocycles. The number of hydrogen-bond donors (Lipinski definition) is 2. The maximum absolute atomic E-state index is 12.3. The van der Waals surface area contributed by atoms with Crippen LogP contribution < -0.4 is 10.6 Å². The normalized spacial score (nSPS) is 14.0. The molecule has 0 aliphatic carbocycles. The van der Waals surface area contributed by atoms with Gasteiger partial charge in [0.15, 0.2) is 0 Å². The van der Waals surface area contributed by atoms with Crippen molar-refractivity contribution in [3.63, 3.8) is 0 Å². The third kappa shape index (κ3) is 3.57. The first kappa shape index (κ1) is 18.1. The molecular formula is C20H16ClN5O2S. The topological polar surface area (TPSA) is 81.1 Å². The average molecular weight is 426 g/mol. The summed E-state index contributed by atoms with van der Waals surface area (Å²) in [7, 11) is 0. The molecule has 4 heterocycles. The van der Waals surface area contributed by atoms with Gasteiger partial charge in [-0.2, -0.15) is 5.10 Å². The molecule has 5 rings (SSSR count). The molecule has 0 radical (unpaired) electrons. The second-order valence-electron chi connectivity index (χ2n) is 6.67. The highest BCUT2D eigenvalue weighted by Gasteiger charge is 2.22. The zero-order valence-corrected chi connectivity index (χ0v) is 16.7. The second kappa shape index (κ2) is 7.47. The van der Waals surface area contributed by atoms with Crippen molar-refractivity contribution >= 4 is 51.3 Å². The van der Waals surface area contributed by atoms with Gasteiger partial charge in [-0.15, -0.1) is 11.3 Å². The van der Waals surface area contributed by atoms with E-state index < -0.39 is 0 Å². The number of carbonyl (C=O) groups is 1. The van der Waals surface area contributed by atoms with Gasteiger partial charge in [-0.25, -0.2) is 9.67 Å². The largest absolute Gasteiger partial charge is 0.377 e. The van der Waals surface area contributed by atoms with Crippen LogP contribution >= 0.6 is 22.9 Å². The monoisotopic (exact) mass is 425 g/mol. The number of anilines is 2. The Labute approximate surface area is 175 Å². The Bertz CT molecular complexity index is 1200. The maximum atomic E-state index is 12.3. The molecule has 4 aromatic rings. The van der Waals surface area contributed by atoms with Crippen molar-refractivity contribution in [2.45, 2.75) is 6.04 Å². The fourth-order valence-corrected chi connectivity index (χ4v) is 3.99. The van der Waals surface area contributed by atoms with Gasteiger partial charge in [0, 0.05) is 10.8 Å². The van der Waals surface area contributed by atoms with Gasteiger partial charge in [0.2, 0.25) is 0 Å². The molecule has 1 saturated heterocycles. The Hall–Kier alpha value is -2.94. The molecule has 7 nitrogen and oxygen atoms in total. The first-order valence-electron chi connectivity index (χ1n) is 9.00. The van der Waals surface area contributed by atoms with Crippen molar-refractivity contribution in [2.24, 2.45) is 0 Å². The maximum Gasteiger partial charge on any atom is 0.261 e. The van der Waals surface area contributed by atoms with Crippen LogP contribution in [0.5, 0.6) is 0 Å². The second-order valence-corrected chi connectivity index (χ2v) is 7.99. The predicted octanol–water partition coefficient (Wildman–Crippen LogP) is 4.01. The van der Waals surface area contributed by atoms with E-state index in [1.54, 1.807) is 17.1 Å². The molecule has 146 valence electrons. The molecule has 3 aromatic heterocycles. The summed E-state index contributed by atoms with van der Waals surface area (Å²) in [5, 5.41) is 14.1. The number of nitrogens with one attached hydrogen (secondary N) is 2. The Morgan fingerprint density at radius 3 is 2.90 bits per heavy atom. The van der Waals surface area contributed by atoms with E-state index in [1.807, 2.05) is 41.8 Å². The number of carbonyl (C=O) groups excluding carboxylic acids is 1. The summed E-state index contributed by atoms with van der Waals surface area (Å²) >= 11 is 7.59. The first-order chi connectivity index (χ1) is 14.2. The molecule has 0 unspecified atom stereocenters. The van der Waals surface area contributed by atoms with Crippen molar-refractivity contribution < 1.29 is 9.53 Å². The third-order valence-corrected chi connectivity index (χ3v) is 5.86. The number of fused-ring (bicyclic) bond motifs is 1. The Morgan fingerprint density at radius 2 is 2.10 bits per heavy atom. The summed E-state index contributed by atoms with van der Waals surface area (Å²) in [4.78, 5) is 17.4. The van der Waals surface area contributed by atoms with Crippen LogP contribution in [0.1, 0.15) is 9.67 Å². The highest BCUT2D eigenvalue weighted by molar-refractivity contribution is 7.12. The molecule has 1 fully saturated rings. The summed E-state index contributed by atoms with van der Waals surface area (Å²) < 4.78 is 6.87. The quantitative estimate of drug-likeness (QED) is 0.505. The number of pyridine rings is 1. The molecule has 0 saturated carbocycles. The van der Waals surface area contributed by atoms with Crippen LogP contribution in [0.2, 0.25) is 5.02 Å². The van der Waals surface area contributed by atoms with Crippen molar-refractivity contribution in [3.05, 3.63) is 64.1 Å². The van der Waals surface area contributed by atoms with Crippen LogP contribution in [-0.4, -0.2) is 39.9 Å². The lowest BCUT2D eigenvalue weighted by molar-refractivity contribution is -0.00338. The van der Waals surface area contributed by atoms with Gasteiger partial charge in [-0.3, -0.25) is 4.79 Å². The van der Waals surface area contributed by atoms with Crippen LogP contribution in [0.4, 0.5) is 11.5 Å². The van der Waals surface area contributed by atoms with E-state index >= 15 is 0 Å². The Morgan fingerprint density at radius 1 is 1.24 bits per heavy atom. The zero-order chi connectivity index (χ0) is 19.8. The summed E-state index contributed by atoms with van der Waals surface area (Å²) in [5.74, 6) is 0.591. The number of thiophene rings is 1. The number of hydrogen-bond acceptors (Lipinski definition) is 6. The SMILES string of the molecule is O=C(NC1COC1)c1cc(-n2ncc3cc(Nc4ccccc4Cl)ncc32)cs1. The van der Waals surface area contributed by atoms with Crippen molar-refractivity contribution in [1.82, 2.24) is 20.1 Å². The molecule has 0 atom stereocenters. The summed E-state index contributed by atoms with van der Waals surface area (Å²) in [5.41, 5.74) is 2.47. The molecule has 0 bridgehead atoms. The molecule has 0 spiro atoms. The van der Waals surface area contributed by atoms with Crippen molar-refractivity contribution in [2.75, 3.05) is 18.5 Å². The number of aromatic nitrogens is 3. The van der Waals surface area contributed by atoms with Gasteiger partial charge in [0.1, 0.15) is 5.82 Å². The first-order valence-corrected chi connectivity index (χ1v) is 10.3. The fraction of sp³-hybridized carbons (Fsp3) is 0.150. The van der Waals surface area contributed by atoms with Gasteiger partial charge in [0.05, 0.1) is 58.4 Å². The van der Waals surface area contributed by atoms with Gasteiger partial charge in [-0.05, 0) is 24.3 Å². The van der Waals surface area contributed by atoms with Crippen molar-refractivity contribution in [1.29, 1.82) is 0 Å². The van der Waals surface area contributed by atoms with E-state index in [4.69, 9.17) is 16.3 Å². The lowest BCUT2D eigenvalue weighted by atomic mass is 10.2. The molecule has 9 heteroatoms. The molecule has 1 aliphatic rings. The molecule has 2 N–H and O–H groups in total. The number of benzene rings is 1. The van der Waals surface area contributed by atoms with E-state index in [0.717, 1.165) is 22.3 Å². The number of nitrogens with zero attached hydrogens (tertiary/aromatic N) is 3. The minimum Gasteiger partial charge on any atom is -0.377 e. The van der Waals surface area contributed by atoms with E-state index in [9.17, 15) is 4.79 Å². The van der Waals surface area contributed by atoms with Crippen LogP contribution in [-0.2, 0) is 4.74 Å². The van der Waals surface area contributed by atoms with Crippen LogP contribution in [0, 0.1) is 0 Å². The Kier molecular flexibility index (Phi) is 4.67. The van der Waals surface area contributed by atoms with Crippen LogP contribution in [0.25, 0.3) is 16.6 Å². The van der Waals surface area contributed by atoms with Crippen LogP contribution in [0.15, 0.2) is 54.2 Å². The number of ether oxygens (including phenoxy) is 1. The van der Waals surface area contributed by atoms with E-state index in [0.29, 0.717) is 28.9 Å². The van der Waals surface area contributed by atoms with Crippen molar-refractivity contribution in [3.8, 4) is 5.69 Å². The number of para-hydroxylation sites is 1. The van der Waals surface area contributed by atoms with Gasteiger partial charge < -0.3 is 15.4 Å². The summed E-state index contributed by atoms with van der Waals surface area (Å²) in [6.07, 6.45) is 3.53. The van der Waals surface area contributed by atoms with E-state index in [-0.39, 0.29) is 11.9 Å². The smallest absolute Gasteiger partial charge is 0.261 e. The van der Waals surface area contributed by atoms with Crippen LogP contribution in [0.3, 0.4) is 0 Å². The summed E-state index contributed by atoms with van der Waals surface area (Å²) in [6.45, 7) is 1.15. The highest BCUT2D eigenvalue weighted by atomic mass is 35.5. The minimum absolute atomic E-state index is 0.0876. The van der Waals surface area contributed by atoms with E-state index in [1.165, 1.54) is 11.3 Å². The molecular weight excluding hydrogens is 410 g/mol. The average Bonchev–Trinajstić information content (AvgIpc) is 3.33. The summed E-state index contributed by atoms with van der Waals surface area (Å²) in [6, 6.07) is 11.4. The van der Waals surface area contributed by atoms with Gasteiger partial charge >= 0.3 is 0 Å². The number of halogens is 1. The lowest BCUT2D eigenvalue weighted by Crippen LogP contribution is -2.48. The van der Waals surface area contributed by atoms with Gasteiger partial charge in [0.25, 0.3) is 5.91 Å². The number of amides is 1. The lowest BCUT2D eigenvalue weighted by Gasteiger charge is -2.26. The zero-order valence-electron chi connectivity index (χ0n) is 15.1. The van der Waals surface area contributed by atoms with E-state index in [2.05, 4.69) is 20.7 Å². The Balaban J connectivity index is 1.39. The fourth-order valence-electron chi connectivity index (χ4n) is 3.03. The standard InChI is InChI=1S/C20H16ClN5O2S/c21-15-3-1-2-4-16(15)25-19-5-12-7-23-26(17(12)8-22-19)14-6-18(29-11-14)20(27)24-13-9-28-10-13/h1-8,11,13H,9-10H2,(H,22,25)(H,24,27). The molecule has 29 heavy (non-hydrogen) atoms. The van der Waals surface area contributed by atoms with Gasteiger partial charge in [-0.1, -0.05) is 23.7 Å². The molecule has 1 aliphatic heterocycles. The minimum atomic E-state index is -0.0876. The number of rotatable bonds is 5.